The van der Waals surface area contributed by atoms with Crippen LogP contribution in [0.4, 0.5) is 10.5 Å². The monoisotopic (exact) mass is 252 g/mol. The average molecular weight is 252 g/mol. The maximum Gasteiger partial charge on any atom is 0.314 e. The number of rotatable bonds is 5. The van der Waals surface area contributed by atoms with Crippen LogP contribution < -0.4 is 26.8 Å². The molecule has 0 saturated heterocycles. The third-order valence-electron chi connectivity index (χ3n) is 2.16. The van der Waals surface area contributed by atoms with Crippen LogP contribution in [0, 0.1) is 6.92 Å². The second kappa shape index (κ2) is 6.11. The number of primary amides is 1. The Balaban J connectivity index is 2.69. The maximum absolute atomic E-state index is 10.6. The van der Waals surface area contributed by atoms with Gasteiger partial charge in [0.05, 0.1) is 6.10 Å². The molecule has 6 nitrogen and oxygen atoms in total. The van der Waals surface area contributed by atoms with E-state index in [0.29, 0.717) is 0 Å². The molecule has 0 aromatic heterocycles. The third kappa shape index (κ3) is 4.50. The molecule has 0 bridgehead atoms. The first-order chi connectivity index (χ1) is 8.38. The predicted octanol–water partition coefficient (Wildman–Crippen LogP) is 1.10. The number of carbonyl (C=O) groups excluding carboxylic acids is 1. The van der Waals surface area contributed by atoms with Crippen LogP contribution in [-0.4, -0.2) is 18.4 Å². The molecule has 0 heterocycles. The van der Waals surface area contributed by atoms with Crippen molar-refractivity contribution in [1.29, 1.82) is 0 Å². The lowest BCUT2D eigenvalue weighted by Gasteiger charge is -2.17. The summed E-state index contributed by atoms with van der Waals surface area (Å²) in [5, 5.41) is 5.24. The molecule has 1 unspecified atom stereocenters. The van der Waals surface area contributed by atoms with E-state index in [-0.39, 0.29) is 6.10 Å². The largest absolute Gasteiger partial charge is 0.491 e. The van der Waals surface area contributed by atoms with Crippen LogP contribution in [0.15, 0.2) is 18.2 Å². The van der Waals surface area contributed by atoms with Crippen molar-refractivity contribution in [2.75, 3.05) is 5.32 Å². The molecule has 0 spiro atoms. The number of hydrogen-bond acceptors (Lipinski definition) is 4. The van der Waals surface area contributed by atoms with Gasteiger partial charge in [-0.3, -0.25) is 5.73 Å². The first-order valence-corrected chi connectivity index (χ1v) is 5.74. The van der Waals surface area contributed by atoms with Gasteiger partial charge in [0.2, 0.25) is 0 Å². The molecule has 1 aromatic carbocycles. The van der Waals surface area contributed by atoms with Gasteiger partial charge in [0.1, 0.15) is 5.75 Å². The van der Waals surface area contributed by atoms with E-state index in [0.717, 1.165) is 17.0 Å². The first-order valence-electron chi connectivity index (χ1n) is 5.74. The van der Waals surface area contributed by atoms with Gasteiger partial charge in [0.15, 0.2) is 6.29 Å². The fourth-order valence-corrected chi connectivity index (χ4v) is 1.49. The van der Waals surface area contributed by atoms with E-state index in [1.54, 1.807) is 0 Å². The minimum Gasteiger partial charge on any atom is -0.491 e. The van der Waals surface area contributed by atoms with Crippen molar-refractivity contribution in [3.63, 3.8) is 0 Å². The Morgan fingerprint density at radius 3 is 2.56 bits per heavy atom. The number of nitrogens with one attached hydrogen (secondary N) is 2. The zero-order valence-electron chi connectivity index (χ0n) is 10.9. The van der Waals surface area contributed by atoms with Crippen LogP contribution in [0.5, 0.6) is 5.75 Å². The lowest BCUT2D eigenvalue weighted by molar-refractivity contribution is 0.240. The molecule has 0 fully saturated rings. The predicted molar refractivity (Wildman–Crippen MR) is 71.3 cm³/mol. The Kier molecular flexibility index (Phi) is 4.79. The number of anilines is 1. The molecule has 0 aliphatic carbocycles. The lowest BCUT2D eigenvalue weighted by Crippen LogP contribution is -2.49. The summed E-state index contributed by atoms with van der Waals surface area (Å²) in [5.74, 6) is 0.826. The van der Waals surface area contributed by atoms with Gasteiger partial charge in [-0.05, 0) is 44.5 Å². The molecule has 1 atom stereocenters. The number of benzene rings is 1. The SMILES string of the molecule is Cc1cc(NC(N)NC(N)=O)ccc1OC(C)C. The minimum atomic E-state index is -0.723. The average Bonchev–Trinajstić information content (AvgIpc) is 2.20. The molecule has 0 radical (unpaired) electrons. The van der Waals surface area contributed by atoms with Gasteiger partial charge >= 0.3 is 6.03 Å². The van der Waals surface area contributed by atoms with Crippen molar-refractivity contribution >= 4 is 11.7 Å². The number of ether oxygens (including phenoxy) is 1. The van der Waals surface area contributed by atoms with Crippen LogP contribution in [-0.2, 0) is 0 Å². The van der Waals surface area contributed by atoms with E-state index in [4.69, 9.17) is 16.2 Å². The summed E-state index contributed by atoms with van der Waals surface area (Å²) in [7, 11) is 0. The Labute approximate surface area is 107 Å². The quantitative estimate of drug-likeness (QED) is 0.589. The summed E-state index contributed by atoms with van der Waals surface area (Å²) < 4.78 is 5.62. The summed E-state index contributed by atoms with van der Waals surface area (Å²) in [4.78, 5) is 10.6. The fraction of sp³-hybridized carbons (Fsp3) is 0.417. The third-order valence-corrected chi connectivity index (χ3v) is 2.16. The van der Waals surface area contributed by atoms with Crippen molar-refractivity contribution in [2.24, 2.45) is 11.5 Å². The zero-order chi connectivity index (χ0) is 13.7. The number of carbonyl (C=O) groups is 1. The number of urea groups is 1. The number of amides is 2. The maximum atomic E-state index is 10.6. The van der Waals surface area contributed by atoms with Gasteiger partial charge in [-0.25, -0.2) is 4.79 Å². The van der Waals surface area contributed by atoms with Gasteiger partial charge in [0.25, 0.3) is 0 Å². The lowest BCUT2D eigenvalue weighted by atomic mass is 10.2. The highest BCUT2D eigenvalue weighted by Crippen LogP contribution is 2.22. The van der Waals surface area contributed by atoms with Crippen molar-refractivity contribution in [3.8, 4) is 5.75 Å². The van der Waals surface area contributed by atoms with Gasteiger partial charge < -0.3 is 21.1 Å². The van der Waals surface area contributed by atoms with Crippen LogP contribution in [0.3, 0.4) is 0 Å². The topological polar surface area (TPSA) is 102 Å². The van der Waals surface area contributed by atoms with E-state index < -0.39 is 12.3 Å². The number of hydrogen-bond donors (Lipinski definition) is 4. The summed E-state index contributed by atoms with van der Waals surface area (Å²) in [6.07, 6.45) is -0.597. The van der Waals surface area contributed by atoms with Crippen molar-refractivity contribution in [1.82, 2.24) is 5.32 Å². The molecule has 1 rings (SSSR count). The number of aryl methyl sites for hydroxylation is 1. The molecule has 18 heavy (non-hydrogen) atoms. The highest BCUT2D eigenvalue weighted by atomic mass is 16.5. The first kappa shape index (κ1) is 14.1. The standard InChI is InChI=1S/C12H20N4O2/c1-7(2)18-10-5-4-9(6-8(10)3)15-11(13)16-12(14)17/h4-7,11,15H,13H2,1-3H3,(H3,14,16,17). The molecular weight excluding hydrogens is 232 g/mol. The minimum absolute atomic E-state index is 0.126. The molecule has 6 N–H and O–H groups in total. The normalized spacial score (nSPS) is 12.1. The smallest absolute Gasteiger partial charge is 0.314 e. The van der Waals surface area contributed by atoms with Crippen molar-refractivity contribution in [3.05, 3.63) is 23.8 Å². The molecule has 0 aliphatic rings. The Bertz CT molecular complexity index is 421. The highest BCUT2D eigenvalue weighted by Gasteiger charge is 2.06. The van der Waals surface area contributed by atoms with E-state index in [9.17, 15) is 4.79 Å². The Morgan fingerprint density at radius 2 is 2.06 bits per heavy atom. The van der Waals surface area contributed by atoms with Crippen LogP contribution in [0.2, 0.25) is 0 Å². The fourth-order valence-electron chi connectivity index (χ4n) is 1.49. The second-order valence-electron chi connectivity index (χ2n) is 4.28. The molecule has 2 amide bonds. The Morgan fingerprint density at radius 1 is 1.39 bits per heavy atom. The molecule has 1 aromatic rings. The summed E-state index contributed by atoms with van der Waals surface area (Å²) in [5.41, 5.74) is 12.4. The van der Waals surface area contributed by atoms with Gasteiger partial charge in [-0.2, -0.15) is 0 Å². The van der Waals surface area contributed by atoms with Crippen molar-refractivity contribution < 1.29 is 9.53 Å². The van der Waals surface area contributed by atoms with Gasteiger partial charge in [-0.15, -0.1) is 0 Å². The molecule has 100 valence electrons. The van der Waals surface area contributed by atoms with E-state index >= 15 is 0 Å². The highest BCUT2D eigenvalue weighted by molar-refractivity contribution is 5.72. The molecule has 0 aliphatic heterocycles. The van der Waals surface area contributed by atoms with Crippen molar-refractivity contribution in [2.45, 2.75) is 33.2 Å². The van der Waals surface area contributed by atoms with Gasteiger partial charge in [0, 0.05) is 5.69 Å². The van der Waals surface area contributed by atoms with Crippen LogP contribution >= 0.6 is 0 Å². The van der Waals surface area contributed by atoms with Gasteiger partial charge in [-0.1, -0.05) is 0 Å². The molecule has 6 heteroatoms. The Hall–Kier alpha value is -1.95. The molecule has 0 saturated carbocycles. The summed E-state index contributed by atoms with van der Waals surface area (Å²) in [6, 6.07) is 4.90. The zero-order valence-corrected chi connectivity index (χ0v) is 10.9. The van der Waals surface area contributed by atoms with Crippen LogP contribution in [0.1, 0.15) is 19.4 Å². The summed E-state index contributed by atoms with van der Waals surface area (Å²) >= 11 is 0. The number of nitrogens with two attached hydrogens (primary N) is 2. The van der Waals surface area contributed by atoms with E-state index in [2.05, 4.69) is 10.6 Å². The second-order valence-corrected chi connectivity index (χ2v) is 4.28. The van der Waals surface area contributed by atoms with Crippen LogP contribution in [0.25, 0.3) is 0 Å². The van der Waals surface area contributed by atoms with E-state index in [1.165, 1.54) is 0 Å². The summed E-state index contributed by atoms with van der Waals surface area (Å²) in [6.45, 7) is 5.88. The van der Waals surface area contributed by atoms with E-state index in [1.807, 2.05) is 39.0 Å². The molecular formula is C12H20N4O2.